The zero-order valence-electron chi connectivity index (χ0n) is 14.8. The molecule has 0 saturated carbocycles. The van der Waals surface area contributed by atoms with Gasteiger partial charge in [-0.3, -0.25) is 5.41 Å². The molecular weight excluding hydrogens is 358 g/mol. The van der Waals surface area contributed by atoms with Gasteiger partial charge in [-0.05, 0) is 36.8 Å². The molecule has 0 atom stereocenters. The fourth-order valence-corrected chi connectivity index (χ4v) is 3.82. The summed E-state index contributed by atoms with van der Waals surface area (Å²) in [6.07, 6.45) is 0. The van der Waals surface area contributed by atoms with Gasteiger partial charge < -0.3 is 14.7 Å². The number of benzene rings is 2. The fourth-order valence-electron chi connectivity index (χ4n) is 2.96. The predicted molar refractivity (Wildman–Crippen MR) is 109 cm³/mol. The van der Waals surface area contributed by atoms with Crippen molar-refractivity contribution in [2.45, 2.75) is 13.5 Å². The van der Waals surface area contributed by atoms with E-state index in [2.05, 4.69) is 4.98 Å². The number of ether oxygens (including phenoxy) is 1. The number of aliphatic hydroxyl groups is 1. The Bertz CT molecular complexity index is 994. The summed E-state index contributed by atoms with van der Waals surface area (Å²) in [5, 5.41) is 21.4. The number of anilines is 1. The van der Waals surface area contributed by atoms with E-state index in [4.69, 9.17) is 10.1 Å². The molecular formula is C21H19N3O2S. The number of nitrogens with one attached hydrogen (secondary N) is 1. The van der Waals surface area contributed by atoms with Crippen LogP contribution < -0.4 is 9.64 Å². The number of aliphatic hydroxyl groups excluding tert-OH is 1. The van der Waals surface area contributed by atoms with Crippen molar-refractivity contribution in [3.8, 4) is 5.75 Å². The van der Waals surface area contributed by atoms with E-state index >= 15 is 0 Å². The Morgan fingerprint density at radius 3 is 2.56 bits per heavy atom. The van der Waals surface area contributed by atoms with Crippen molar-refractivity contribution < 1.29 is 9.84 Å². The molecule has 1 aliphatic heterocycles. The Labute approximate surface area is 161 Å². The Morgan fingerprint density at radius 2 is 1.89 bits per heavy atom. The van der Waals surface area contributed by atoms with Crippen molar-refractivity contribution in [2.75, 3.05) is 11.4 Å². The molecule has 27 heavy (non-hydrogen) atoms. The zero-order valence-corrected chi connectivity index (χ0v) is 15.7. The minimum absolute atomic E-state index is 0.179. The minimum Gasteiger partial charge on any atom is -0.510 e. The molecule has 0 unspecified atom stereocenters. The van der Waals surface area contributed by atoms with Crippen LogP contribution in [0, 0.1) is 12.3 Å². The molecule has 0 spiro atoms. The van der Waals surface area contributed by atoms with Crippen molar-refractivity contribution in [3.63, 3.8) is 0 Å². The third kappa shape index (κ3) is 3.57. The molecule has 0 aliphatic carbocycles. The lowest BCUT2D eigenvalue weighted by molar-refractivity contribution is 0.306. The highest BCUT2D eigenvalue weighted by molar-refractivity contribution is 7.11. The Morgan fingerprint density at radius 1 is 1.15 bits per heavy atom. The average Bonchev–Trinajstić information content (AvgIpc) is 3.23. The van der Waals surface area contributed by atoms with Gasteiger partial charge >= 0.3 is 0 Å². The van der Waals surface area contributed by atoms with Crippen LogP contribution in [0.5, 0.6) is 5.75 Å². The van der Waals surface area contributed by atoms with Crippen LogP contribution in [0.15, 0.2) is 65.7 Å². The molecule has 4 rings (SSSR count). The third-order valence-corrected chi connectivity index (χ3v) is 5.31. The molecule has 0 saturated heterocycles. The molecule has 136 valence electrons. The summed E-state index contributed by atoms with van der Waals surface area (Å²) in [6, 6.07) is 17.6. The smallest absolute Gasteiger partial charge is 0.139 e. The topological polar surface area (TPSA) is 69.4 Å². The van der Waals surface area contributed by atoms with Gasteiger partial charge in [-0.2, -0.15) is 0 Å². The first-order valence-corrected chi connectivity index (χ1v) is 9.47. The molecule has 0 radical (unpaired) electrons. The minimum atomic E-state index is 0.179. The van der Waals surface area contributed by atoms with Crippen LogP contribution in [-0.4, -0.2) is 22.5 Å². The molecule has 5 nitrogen and oxygen atoms in total. The number of aryl methyl sites for hydroxylation is 1. The maximum atomic E-state index is 10.4. The first kappa shape index (κ1) is 17.3. The van der Waals surface area contributed by atoms with Crippen LogP contribution in [0.25, 0.3) is 5.57 Å². The summed E-state index contributed by atoms with van der Waals surface area (Å²) in [5.74, 6) is 1.21. The molecule has 3 aromatic rings. The van der Waals surface area contributed by atoms with E-state index in [-0.39, 0.29) is 18.1 Å². The fraction of sp³-hybridized carbons (Fsp3) is 0.143. The maximum absolute atomic E-state index is 10.4. The normalized spacial score (nSPS) is 14.1. The number of rotatable bonds is 5. The van der Waals surface area contributed by atoms with Crippen LogP contribution in [0.4, 0.5) is 5.69 Å². The number of nitrogens with zero attached hydrogens (tertiary/aromatic N) is 2. The standard InChI is InChI=1S/C21H19N3O2S/c1-14-13-27-21(23-14)19-18(25)11-24(20(19)22)16-7-9-17(10-8-16)26-12-15-5-3-2-4-6-15/h2-10,13,22,25H,11-12H2,1H3. The second kappa shape index (κ2) is 7.25. The molecule has 0 amide bonds. The van der Waals surface area contributed by atoms with E-state index in [0.29, 0.717) is 17.2 Å². The number of hydrogen-bond acceptors (Lipinski definition) is 5. The summed E-state index contributed by atoms with van der Waals surface area (Å²) < 4.78 is 5.81. The van der Waals surface area contributed by atoms with E-state index in [1.165, 1.54) is 11.3 Å². The molecule has 2 N–H and O–H groups in total. The summed E-state index contributed by atoms with van der Waals surface area (Å²) in [7, 11) is 0. The highest BCUT2D eigenvalue weighted by Gasteiger charge is 2.31. The zero-order chi connectivity index (χ0) is 18.8. The van der Waals surface area contributed by atoms with Crippen LogP contribution in [0.3, 0.4) is 0 Å². The lowest BCUT2D eigenvalue weighted by Gasteiger charge is -2.19. The second-order valence-electron chi connectivity index (χ2n) is 6.32. The van der Waals surface area contributed by atoms with Gasteiger partial charge in [0, 0.05) is 16.8 Å². The van der Waals surface area contributed by atoms with E-state index in [9.17, 15) is 5.11 Å². The number of amidine groups is 1. The highest BCUT2D eigenvalue weighted by atomic mass is 32.1. The summed E-state index contributed by atoms with van der Waals surface area (Å²) in [4.78, 5) is 6.17. The van der Waals surface area contributed by atoms with E-state index in [0.717, 1.165) is 22.7 Å². The van der Waals surface area contributed by atoms with Gasteiger partial charge in [0.1, 0.15) is 29.0 Å². The third-order valence-electron chi connectivity index (χ3n) is 4.33. The predicted octanol–water partition coefficient (Wildman–Crippen LogP) is 4.80. The Hall–Kier alpha value is -3.12. The van der Waals surface area contributed by atoms with E-state index in [1.807, 2.05) is 66.9 Å². The lowest BCUT2D eigenvalue weighted by Crippen LogP contribution is -2.25. The SMILES string of the molecule is Cc1csc(C2=C(O)CN(c3ccc(OCc4ccccc4)cc3)C2=N)n1. The molecule has 1 aliphatic rings. The molecule has 1 aromatic heterocycles. The first-order chi connectivity index (χ1) is 13.1. The van der Waals surface area contributed by atoms with Crippen LogP contribution in [0.2, 0.25) is 0 Å². The van der Waals surface area contributed by atoms with Crippen LogP contribution in [-0.2, 0) is 6.61 Å². The van der Waals surface area contributed by atoms with Gasteiger partial charge in [0.05, 0.1) is 12.1 Å². The van der Waals surface area contributed by atoms with Crippen molar-refractivity contribution in [2.24, 2.45) is 0 Å². The molecule has 0 fully saturated rings. The number of aromatic nitrogens is 1. The monoisotopic (exact) mass is 377 g/mol. The van der Waals surface area contributed by atoms with Gasteiger partial charge in [0.15, 0.2) is 0 Å². The van der Waals surface area contributed by atoms with Gasteiger partial charge in [0.25, 0.3) is 0 Å². The Kier molecular flexibility index (Phi) is 4.64. The lowest BCUT2D eigenvalue weighted by atomic mass is 10.2. The van der Waals surface area contributed by atoms with E-state index < -0.39 is 0 Å². The van der Waals surface area contributed by atoms with Crippen molar-refractivity contribution in [1.29, 1.82) is 5.41 Å². The van der Waals surface area contributed by atoms with Crippen LogP contribution in [0.1, 0.15) is 16.3 Å². The van der Waals surface area contributed by atoms with Gasteiger partial charge in [0.2, 0.25) is 0 Å². The van der Waals surface area contributed by atoms with Crippen molar-refractivity contribution in [1.82, 2.24) is 4.98 Å². The molecule has 0 bridgehead atoms. The molecule has 2 heterocycles. The summed E-state index contributed by atoms with van der Waals surface area (Å²) in [5.41, 5.74) is 3.35. The summed E-state index contributed by atoms with van der Waals surface area (Å²) in [6.45, 7) is 2.69. The first-order valence-electron chi connectivity index (χ1n) is 8.59. The molecule has 2 aromatic carbocycles. The van der Waals surface area contributed by atoms with Gasteiger partial charge in [-0.15, -0.1) is 11.3 Å². The van der Waals surface area contributed by atoms with Gasteiger partial charge in [-0.1, -0.05) is 30.3 Å². The highest BCUT2D eigenvalue weighted by Crippen LogP contribution is 2.33. The van der Waals surface area contributed by atoms with Crippen molar-refractivity contribution >= 4 is 28.4 Å². The quantitative estimate of drug-likeness (QED) is 0.670. The number of thiazole rings is 1. The summed E-state index contributed by atoms with van der Waals surface area (Å²) >= 11 is 1.44. The largest absolute Gasteiger partial charge is 0.510 e. The average molecular weight is 377 g/mol. The van der Waals surface area contributed by atoms with Crippen LogP contribution >= 0.6 is 11.3 Å². The molecule has 6 heteroatoms. The Balaban J connectivity index is 1.46. The number of hydrogen-bond donors (Lipinski definition) is 2. The van der Waals surface area contributed by atoms with E-state index in [1.54, 1.807) is 4.90 Å². The second-order valence-corrected chi connectivity index (χ2v) is 7.18. The van der Waals surface area contributed by atoms with Crippen molar-refractivity contribution in [3.05, 3.63) is 82.0 Å². The maximum Gasteiger partial charge on any atom is 0.139 e. The van der Waals surface area contributed by atoms with Gasteiger partial charge in [-0.25, -0.2) is 4.98 Å².